The van der Waals surface area contributed by atoms with Crippen LogP contribution in [0.1, 0.15) is 18.1 Å². The quantitative estimate of drug-likeness (QED) is 0.446. The van der Waals surface area contributed by atoms with Crippen molar-refractivity contribution < 1.29 is 19.3 Å². The number of non-ortho nitro benzene ring substituents is 1. The predicted octanol–water partition coefficient (Wildman–Crippen LogP) is 1.85. The number of anilines is 2. The smallest absolute Gasteiger partial charge is 0.271 e. The van der Waals surface area contributed by atoms with Gasteiger partial charge in [-0.15, -0.1) is 0 Å². The first-order chi connectivity index (χ1) is 14.3. The number of aryl methyl sites for hydroxylation is 1. The number of nitrogens with one attached hydrogen (secondary N) is 2. The molecule has 9 heteroatoms. The molecule has 5 rings (SSSR count). The highest BCUT2D eigenvalue weighted by molar-refractivity contribution is 6.26. The second-order valence-electron chi connectivity index (χ2n) is 7.98. The van der Waals surface area contributed by atoms with Gasteiger partial charge >= 0.3 is 0 Å². The molecule has 0 saturated carbocycles. The number of carbonyl (C=O) groups is 3. The standard InChI is InChI=1S/C21H18N4O5/c1-10-7-8-12(25(29)30)9-15(10)24-18(26)16-11(2)23-21(17(16)19(24)27)13-5-3-4-6-14(13)22-20(21)28/h3-9,11,16-17,23H,1-2H3,(H,22,28)/t11-,16+,17-,21-/m0/s1. The number of hydrogen-bond donors (Lipinski definition) is 2. The summed E-state index contributed by atoms with van der Waals surface area (Å²) < 4.78 is 0. The summed E-state index contributed by atoms with van der Waals surface area (Å²) in [7, 11) is 0. The van der Waals surface area contributed by atoms with Crippen LogP contribution >= 0.6 is 0 Å². The number of rotatable bonds is 2. The Hall–Kier alpha value is -3.59. The van der Waals surface area contributed by atoms with E-state index in [2.05, 4.69) is 10.6 Å². The predicted molar refractivity (Wildman–Crippen MR) is 107 cm³/mol. The molecule has 0 aromatic heterocycles. The Labute approximate surface area is 171 Å². The zero-order chi connectivity index (χ0) is 21.4. The summed E-state index contributed by atoms with van der Waals surface area (Å²) in [5.74, 6) is -3.06. The number of para-hydroxylation sites is 1. The van der Waals surface area contributed by atoms with E-state index in [0.717, 1.165) is 4.90 Å². The number of fused-ring (bicyclic) bond motifs is 4. The molecule has 4 atom stereocenters. The fourth-order valence-corrected chi connectivity index (χ4v) is 5.11. The first kappa shape index (κ1) is 18.4. The van der Waals surface area contributed by atoms with Crippen molar-refractivity contribution in [3.63, 3.8) is 0 Å². The van der Waals surface area contributed by atoms with Crippen molar-refractivity contribution >= 4 is 34.8 Å². The van der Waals surface area contributed by atoms with Crippen molar-refractivity contribution in [1.29, 1.82) is 0 Å². The Balaban J connectivity index is 1.67. The third-order valence-corrected chi connectivity index (χ3v) is 6.41. The van der Waals surface area contributed by atoms with Crippen molar-refractivity contribution in [3.05, 3.63) is 63.7 Å². The average molecular weight is 406 g/mol. The van der Waals surface area contributed by atoms with Gasteiger partial charge in [0, 0.05) is 29.4 Å². The zero-order valence-electron chi connectivity index (χ0n) is 16.2. The molecule has 2 fully saturated rings. The molecule has 152 valence electrons. The van der Waals surface area contributed by atoms with Crippen LogP contribution in [0.4, 0.5) is 17.1 Å². The first-order valence-electron chi connectivity index (χ1n) is 9.59. The maximum absolute atomic E-state index is 13.6. The van der Waals surface area contributed by atoms with E-state index in [-0.39, 0.29) is 17.3 Å². The van der Waals surface area contributed by atoms with E-state index in [1.54, 1.807) is 38.1 Å². The molecular weight excluding hydrogens is 388 g/mol. The molecule has 2 aromatic carbocycles. The summed E-state index contributed by atoms with van der Waals surface area (Å²) in [6.45, 7) is 3.46. The molecule has 3 aliphatic heterocycles. The maximum atomic E-state index is 13.6. The summed E-state index contributed by atoms with van der Waals surface area (Å²) in [6.07, 6.45) is 0. The summed E-state index contributed by atoms with van der Waals surface area (Å²) in [4.78, 5) is 51.8. The third kappa shape index (κ3) is 2.12. The second kappa shape index (κ2) is 5.96. The van der Waals surface area contributed by atoms with Gasteiger partial charge in [-0.3, -0.25) is 29.8 Å². The van der Waals surface area contributed by atoms with Crippen LogP contribution in [0, 0.1) is 28.9 Å². The molecule has 2 N–H and O–H groups in total. The summed E-state index contributed by atoms with van der Waals surface area (Å²) >= 11 is 0. The molecule has 0 unspecified atom stereocenters. The fraction of sp³-hybridized carbons (Fsp3) is 0.286. The Morgan fingerprint density at radius 3 is 2.57 bits per heavy atom. The number of carbonyl (C=O) groups excluding carboxylic acids is 3. The van der Waals surface area contributed by atoms with Gasteiger partial charge in [0.1, 0.15) is 5.54 Å². The van der Waals surface area contributed by atoms with Gasteiger partial charge in [-0.05, 0) is 25.5 Å². The van der Waals surface area contributed by atoms with E-state index in [9.17, 15) is 24.5 Å². The van der Waals surface area contributed by atoms with Crippen LogP contribution in [-0.2, 0) is 19.9 Å². The van der Waals surface area contributed by atoms with Crippen molar-refractivity contribution in [2.24, 2.45) is 11.8 Å². The van der Waals surface area contributed by atoms with Gasteiger partial charge in [-0.25, -0.2) is 4.90 Å². The lowest BCUT2D eigenvalue weighted by Gasteiger charge is -2.29. The highest BCUT2D eigenvalue weighted by Gasteiger charge is 2.69. The van der Waals surface area contributed by atoms with Crippen LogP contribution in [0.15, 0.2) is 42.5 Å². The lowest BCUT2D eigenvalue weighted by Crippen LogP contribution is -2.53. The minimum absolute atomic E-state index is 0.183. The monoisotopic (exact) mass is 406 g/mol. The Bertz CT molecular complexity index is 1160. The molecule has 0 radical (unpaired) electrons. The number of amides is 3. The molecule has 1 spiro atoms. The van der Waals surface area contributed by atoms with E-state index < -0.39 is 40.2 Å². The Kier molecular flexibility index (Phi) is 3.66. The van der Waals surface area contributed by atoms with E-state index in [4.69, 9.17) is 0 Å². The first-order valence-corrected chi connectivity index (χ1v) is 9.59. The number of nitro benzene ring substituents is 1. The van der Waals surface area contributed by atoms with Gasteiger partial charge in [-0.1, -0.05) is 24.3 Å². The number of benzene rings is 2. The van der Waals surface area contributed by atoms with Gasteiger partial charge in [0.25, 0.3) is 5.69 Å². The highest BCUT2D eigenvalue weighted by Crippen LogP contribution is 2.53. The highest BCUT2D eigenvalue weighted by atomic mass is 16.6. The number of imide groups is 1. The van der Waals surface area contributed by atoms with Crippen molar-refractivity contribution in [2.45, 2.75) is 25.4 Å². The molecule has 0 bridgehead atoms. The third-order valence-electron chi connectivity index (χ3n) is 6.41. The van der Waals surface area contributed by atoms with E-state index >= 15 is 0 Å². The fourth-order valence-electron chi connectivity index (χ4n) is 5.11. The number of nitrogens with zero attached hydrogens (tertiary/aromatic N) is 2. The average Bonchev–Trinajstić information content (AvgIpc) is 3.27. The lowest BCUT2D eigenvalue weighted by molar-refractivity contribution is -0.384. The van der Waals surface area contributed by atoms with E-state index in [1.807, 2.05) is 0 Å². The molecule has 2 aromatic rings. The van der Waals surface area contributed by atoms with E-state index in [0.29, 0.717) is 16.8 Å². The molecular formula is C21H18N4O5. The summed E-state index contributed by atoms with van der Waals surface area (Å²) in [5.41, 5.74) is 0.423. The van der Waals surface area contributed by atoms with Crippen LogP contribution < -0.4 is 15.5 Å². The molecule has 9 nitrogen and oxygen atoms in total. The SMILES string of the molecule is Cc1ccc([N+](=O)[O-])cc1N1C(=O)[C@@H]2[C@H](C)N[C@]3(C(=O)Nc4ccccc43)[C@@H]2C1=O. The van der Waals surface area contributed by atoms with Gasteiger partial charge in [0.2, 0.25) is 17.7 Å². The normalized spacial score (nSPS) is 29.3. The maximum Gasteiger partial charge on any atom is 0.271 e. The van der Waals surface area contributed by atoms with Gasteiger partial charge < -0.3 is 5.32 Å². The topological polar surface area (TPSA) is 122 Å². The van der Waals surface area contributed by atoms with Crippen molar-refractivity contribution in [3.8, 4) is 0 Å². The summed E-state index contributed by atoms with van der Waals surface area (Å²) in [6, 6.07) is 10.7. The van der Waals surface area contributed by atoms with Gasteiger partial charge in [0.15, 0.2) is 0 Å². The molecule has 2 saturated heterocycles. The van der Waals surface area contributed by atoms with Gasteiger partial charge in [-0.2, -0.15) is 0 Å². The number of hydrogen-bond acceptors (Lipinski definition) is 6. The lowest BCUT2D eigenvalue weighted by atomic mass is 9.76. The number of nitro groups is 1. The molecule has 0 aliphatic carbocycles. The van der Waals surface area contributed by atoms with Crippen molar-refractivity contribution in [1.82, 2.24) is 5.32 Å². The largest absolute Gasteiger partial charge is 0.324 e. The van der Waals surface area contributed by atoms with Gasteiger partial charge in [0.05, 0.1) is 22.4 Å². The van der Waals surface area contributed by atoms with Crippen LogP contribution in [0.25, 0.3) is 0 Å². The van der Waals surface area contributed by atoms with Crippen molar-refractivity contribution in [2.75, 3.05) is 10.2 Å². The van der Waals surface area contributed by atoms with Crippen LogP contribution in [0.2, 0.25) is 0 Å². The van der Waals surface area contributed by atoms with Crippen LogP contribution in [0.3, 0.4) is 0 Å². The molecule has 3 aliphatic rings. The summed E-state index contributed by atoms with van der Waals surface area (Å²) in [5, 5.41) is 17.3. The molecule has 3 heterocycles. The minimum atomic E-state index is -1.35. The van der Waals surface area contributed by atoms with E-state index in [1.165, 1.54) is 18.2 Å². The van der Waals surface area contributed by atoms with Crippen LogP contribution in [0.5, 0.6) is 0 Å². The molecule has 30 heavy (non-hydrogen) atoms. The molecule has 3 amide bonds. The zero-order valence-corrected chi connectivity index (χ0v) is 16.2. The Morgan fingerprint density at radius 2 is 1.83 bits per heavy atom. The van der Waals surface area contributed by atoms with Crippen LogP contribution in [-0.4, -0.2) is 28.7 Å². The Morgan fingerprint density at radius 1 is 1.10 bits per heavy atom. The second-order valence-corrected chi connectivity index (χ2v) is 7.98. The minimum Gasteiger partial charge on any atom is -0.324 e.